The number of furan rings is 1. The van der Waals surface area contributed by atoms with Gasteiger partial charge in [0.15, 0.2) is 0 Å². The number of hydrogen-bond donors (Lipinski definition) is 2. The first-order chi connectivity index (χ1) is 7.25. The number of rotatable bonds is 2. The molecule has 1 aliphatic carbocycles. The summed E-state index contributed by atoms with van der Waals surface area (Å²) in [6.45, 7) is 0. The summed E-state index contributed by atoms with van der Waals surface area (Å²) in [4.78, 5) is 11.7. The molecule has 1 fully saturated rings. The maximum Gasteiger partial charge on any atom is 0.254 e. The smallest absolute Gasteiger partial charge is 0.254 e. The Morgan fingerprint density at radius 3 is 2.73 bits per heavy atom. The molecule has 15 heavy (non-hydrogen) atoms. The van der Waals surface area contributed by atoms with E-state index in [4.69, 9.17) is 10.2 Å². The van der Waals surface area contributed by atoms with Crippen LogP contribution in [0.3, 0.4) is 0 Å². The van der Waals surface area contributed by atoms with Gasteiger partial charge in [0.2, 0.25) is 0 Å². The van der Waals surface area contributed by atoms with E-state index in [2.05, 4.69) is 5.32 Å². The summed E-state index contributed by atoms with van der Waals surface area (Å²) in [7, 11) is 0. The number of nitrogens with one attached hydrogen (secondary N) is 1. The van der Waals surface area contributed by atoms with Gasteiger partial charge in [-0.15, -0.1) is 0 Å². The quantitative estimate of drug-likeness (QED) is 0.769. The molecule has 1 aromatic rings. The molecule has 1 heterocycles. The van der Waals surface area contributed by atoms with E-state index in [1.165, 1.54) is 12.5 Å². The van der Waals surface area contributed by atoms with Crippen LogP contribution in [-0.4, -0.2) is 18.0 Å². The Balaban J connectivity index is 1.85. The molecule has 1 saturated carbocycles. The highest BCUT2D eigenvalue weighted by atomic mass is 16.3. The second-order valence-corrected chi connectivity index (χ2v) is 4.10. The maximum atomic E-state index is 11.7. The van der Waals surface area contributed by atoms with Crippen molar-refractivity contribution in [1.82, 2.24) is 5.32 Å². The van der Waals surface area contributed by atoms with Gasteiger partial charge in [-0.1, -0.05) is 0 Å². The molecular formula is C11H16N2O2. The Kier molecular flexibility index (Phi) is 3.06. The number of carbonyl (C=O) groups excluding carboxylic acids is 1. The third-order valence-electron chi connectivity index (χ3n) is 2.89. The lowest BCUT2D eigenvalue weighted by atomic mass is 9.92. The second-order valence-electron chi connectivity index (χ2n) is 4.10. The third-order valence-corrected chi connectivity index (χ3v) is 2.89. The highest BCUT2D eigenvalue weighted by Gasteiger charge is 2.20. The minimum atomic E-state index is -0.0516. The van der Waals surface area contributed by atoms with Gasteiger partial charge in [-0.25, -0.2) is 0 Å². The van der Waals surface area contributed by atoms with Crippen LogP contribution in [-0.2, 0) is 0 Å². The fourth-order valence-corrected chi connectivity index (χ4v) is 1.93. The molecule has 0 unspecified atom stereocenters. The van der Waals surface area contributed by atoms with Crippen LogP contribution in [0.5, 0.6) is 0 Å². The standard InChI is InChI=1S/C11H16N2O2/c12-9-1-3-10(4-2-9)13-11(14)8-5-6-15-7-8/h5-7,9-10H,1-4,12H2,(H,13,14). The van der Waals surface area contributed by atoms with Crippen molar-refractivity contribution in [1.29, 1.82) is 0 Å². The minimum Gasteiger partial charge on any atom is -0.472 e. The van der Waals surface area contributed by atoms with E-state index in [0.29, 0.717) is 11.6 Å². The maximum absolute atomic E-state index is 11.7. The first-order valence-corrected chi connectivity index (χ1v) is 5.34. The molecule has 1 aliphatic rings. The van der Waals surface area contributed by atoms with Crippen LogP contribution >= 0.6 is 0 Å². The predicted molar refractivity (Wildman–Crippen MR) is 56.4 cm³/mol. The molecule has 0 radical (unpaired) electrons. The topological polar surface area (TPSA) is 68.3 Å². The Bertz CT molecular complexity index is 313. The number of hydrogen-bond acceptors (Lipinski definition) is 3. The van der Waals surface area contributed by atoms with E-state index < -0.39 is 0 Å². The number of amides is 1. The van der Waals surface area contributed by atoms with Crippen LogP contribution in [0.25, 0.3) is 0 Å². The normalized spacial score (nSPS) is 26.2. The van der Waals surface area contributed by atoms with Crippen LogP contribution in [0.15, 0.2) is 23.0 Å². The number of nitrogens with two attached hydrogens (primary N) is 1. The fourth-order valence-electron chi connectivity index (χ4n) is 1.93. The highest BCUT2D eigenvalue weighted by molar-refractivity contribution is 5.93. The lowest BCUT2D eigenvalue weighted by molar-refractivity contribution is 0.0925. The van der Waals surface area contributed by atoms with Crippen molar-refractivity contribution in [3.63, 3.8) is 0 Å². The van der Waals surface area contributed by atoms with Crippen molar-refractivity contribution < 1.29 is 9.21 Å². The monoisotopic (exact) mass is 208 g/mol. The average Bonchev–Trinajstić information content (AvgIpc) is 2.74. The SMILES string of the molecule is NC1CCC(NC(=O)c2ccoc2)CC1. The molecular weight excluding hydrogens is 192 g/mol. The Morgan fingerprint density at radius 2 is 2.13 bits per heavy atom. The molecule has 0 aromatic carbocycles. The van der Waals surface area contributed by atoms with E-state index in [1.54, 1.807) is 6.07 Å². The van der Waals surface area contributed by atoms with Gasteiger partial charge in [-0.05, 0) is 31.7 Å². The first kappa shape index (κ1) is 10.2. The van der Waals surface area contributed by atoms with Crippen molar-refractivity contribution in [3.8, 4) is 0 Å². The summed E-state index contributed by atoms with van der Waals surface area (Å²) < 4.78 is 4.86. The van der Waals surface area contributed by atoms with Gasteiger partial charge in [0.25, 0.3) is 5.91 Å². The van der Waals surface area contributed by atoms with Gasteiger partial charge in [0.05, 0.1) is 11.8 Å². The van der Waals surface area contributed by atoms with Crippen LogP contribution in [0, 0.1) is 0 Å². The van der Waals surface area contributed by atoms with E-state index >= 15 is 0 Å². The molecule has 0 aliphatic heterocycles. The lowest BCUT2D eigenvalue weighted by Gasteiger charge is -2.26. The zero-order valence-electron chi connectivity index (χ0n) is 8.61. The van der Waals surface area contributed by atoms with Crippen LogP contribution < -0.4 is 11.1 Å². The predicted octanol–water partition coefficient (Wildman–Crippen LogP) is 1.28. The van der Waals surface area contributed by atoms with Crippen molar-refractivity contribution in [2.24, 2.45) is 5.73 Å². The van der Waals surface area contributed by atoms with E-state index in [9.17, 15) is 4.79 Å². The molecule has 4 heteroatoms. The summed E-state index contributed by atoms with van der Waals surface area (Å²) in [5, 5.41) is 2.99. The van der Waals surface area contributed by atoms with Gasteiger partial charge in [-0.3, -0.25) is 4.79 Å². The first-order valence-electron chi connectivity index (χ1n) is 5.34. The fraction of sp³-hybridized carbons (Fsp3) is 0.545. The van der Waals surface area contributed by atoms with E-state index in [-0.39, 0.29) is 11.9 Å². The van der Waals surface area contributed by atoms with Gasteiger partial charge >= 0.3 is 0 Å². The van der Waals surface area contributed by atoms with Gasteiger partial charge < -0.3 is 15.5 Å². The zero-order valence-corrected chi connectivity index (χ0v) is 8.61. The summed E-state index contributed by atoms with van der Waals surface area (Å²) in [6.07, 6.45) is 6.91. The molecule has 82 valence electrons. The Hall–Kier alpha value is -1.29. The molecule has 3 N–H and O–H groups in total. The molecule has 0 saturated heterocycles. The zero-order chi connectivity index (χ0) is 10.7. The van der Waals surface area contributed by atoms with Crippen molar-refractivity contribution in [2.45, 2.75) is 37.8 Å². The summed E-state index contributed by atoms with van der Waals surface area (Å²) in [6, 6.07) is 2.25. The summed E-state index contributed by atoms with van der Waals surface area (Å²) >= 11 is 0. The molecule has 0 spiro atoms. The number of carbonyl (C=O) groups is 1. The highest BCUT2D eigenvalue weighted by Crippen LogP contribution is 2.17. The van der Waals surface area contributed by atoms with Gasteiger partial charge in [0.1, 0.15) is 6.26 Å². The summed E-state index contributed by atoms with van der Waals surface area (Å²) in [5.74, 6) is -0.0516. The van der Waals surface area contributed by atoms with Crippen molar-refractivity contribution >= 4 is 5.91 Å². The molecule has 1 aromatic heterocycles. The Labute approximate surface area is 88.8 Å². The van der Waals surface area contributed by atoms with Gasteiger partial charge in [-0.2, -0.15) is 0 Å². The van der Waals surface area contributed by atoms with E-state index in [0.717, 1.165) is 25.7 Å². The van der Waals surface area contributed by atoms with E-state index in [1.807, 2.05) is 0 Å². The lowest BCUT2D eigenvalue weighted by Crippen LogP contribution is -2.40. The van der Waals surface area contributed by atoms with Crippen molar-refractivity contribution in [2.75, 3.05) is 0 Å². The Morgan fingerprint density at radius 1 is 1.40 bits per heavy atom. The van der Waals surface area contributed by atoms with Crippen molar-refractivity contribution in [3.05, 3.63) is 24.2 Å². The molecule has 0 atom stereocenters. The molecule has 1 amide bonds. The van der Waals surface area contributed by atoms with Crippen LogP contribution in [0.2, 0.25) is 0 Å². The average molecular weight is 208 g/mol. The summed E-state index contributed by atoms with van der Waals surface area (Å²) in [5.41, 5.74) is 6.38. The molecule has 4 nitrogen and oxygen atoms in total. The largest absolute Gasteiger partial charge is 0.472 e. The second kappa shape index (κ2) is 4.49. The van der Waals surface area contributed by atoms with Crippen LogP contribution in [0.4, 0.5) is 0 Å². The van der Waals surface area contributed by atoms with Gasteiger partial charge in [0, 0.05) is 12.1 Å². The van der Waals surface area contributed by atoms with Crippen LogP contribution in [0.1, 0.15) is 36.0 Å². The minimum absolute atomic E-state index is 0.0516. The molecule has 2 rings (SSSR count). The molecule has 0 bridgehead atoms. The third kappa shape index (κ3) is 2.59.